The third kappa shape index (κ3) is 36.7. The smallest absolute Gasteiger partial charge is 0.322 e. The van der Waals surface area contributed by atoms with E-state index in [-0.39, 0.29) is 24.5 Å². The summed E-state index contributed by atoms with van der Waals surface area (Å²) in [6.45, 7) is 4.20. The van der Waals surface area contributed by atoms with Crippen LogP contribution in [0.25, 0.3) is 0 Å². The van der Waals surface area contributed by atoms with Crippen LogP contribution in [0.15, 0.2) is 24.3 Å². The van der Waals surface area contributed by atoms with Crippen LogP contribution in [0.1, 0.15) is 213 Å². The van der Waals surface area contributed by atoms with Crippen molar-refractivity contribution in [3.8, 4) is 0 Å². The van der Waals surface area contributed by atoms with Gasteiger partial charge < -0.3 is 15.2 Å². The Morgan fingerprint density at radius 2 is 0.958 bits per heavy atom. The van der Waals surface area contributed by atoms with E-state index in [1.807, 2.05) is 0 Å². The van der Waals surface area contributed by atoms with Crippen LogP contribution in [0.5, 0.6) is 0 Å². The van der Waals surface area contributed by atoms with Gasteiger partial charge in [0.15, 0.2) is 0 Å². The summed E-state index contributed by atoms with van der Waals surface area (Å²) in [4.78, 5) is 34.9. The van der Waals surface area contributed by atoms with Gasteiger partial charge in [0.1, 0.15) is 12.6 Å². The number of nitrogens with one attached hydrogen (secondary N) is 1. The van der Waals surface area contributed by atoms with E-state index < -0.39 is 5.97 Å². The number of rotatable bonds is 37. The number of allylic oxidation sites excluding steroid dienone is 4. The molecule has 1 amide bonds. The lowest BCUT2D eigenvalue weighted by Crippen LogP contribution is -2.28. The number of ether oxygens (including phenoxy) is 1. The third-order valence-electron chi connectivity index (χ3n) is 9.13. The van der Waals surface area contributed by atoms with Gasteiger partial charge in [0.05, 0.1) is 0 Å². The minimum atomic E-state index is -1.02. The monoisotopic (exact) mass is 676 g/mol. The number of carbonyl (C=O) groups excluding carboxylic acids is 2. The van der Waals surface area contributed by atoms with Gasteiger partial charge in [0.25, 0.3) is 0 Å². The summed E-state index contributed by atoms with van der Waals surface area (Å²) in [7, 11) is 0. The lowest BCUT2D eigenvalue weighted by atomic mass is 10.0. The first-order valence-corrected chi connectivity index (χ1v) is 20.5. The molecule has 280 valence electrons. The second-order valence-corrected chi connectivity index (χ2v) is 13.9. The van der Waals surface area contributed by atoms with Crippen LogP contribution in [-0.2, 0) is 19.1 Å². The molecule has 0 rings (SSSR count). The molecule has 0 aliphatic heterocycles. The fourth-order valence-corrected chi connectivity index (χ4v) is 6.07. The first kappa shape index (κ1) is 45.9. The minimum Gasteiger partial charge on any atom is -0.480 e. The van der Waals surface area contributed by atoms with Crippen molar-refractivity contribution < 1.29 is 24.2 Å². The number of hydrogen-bond acceptors (Lipinski definition) is 4. The fourth-order valence-electron chi connectivity index (χ4n) is 6.07. The number of aliphatic carboxylic acids is 1. The van der Waals surface area contributed by atoms with Gasteiger partial charge in [-0.2, -0.15) is 0 Å². The van der Waals surface area contributed by atoms with Crippen LogP contribution in [0, 0.1) is 0 Å². The SMILES string of the molecule is CCCCCC/C=C\C/C=C\CCCCCCCCCC(=O)OC(CCCCCCCCCC)CCCCCCCC(=O)NCC(=O)O. The fraction of sp³-hybridized carbons (Fsp3) is 0.833. The average Bonchev–Trinajstić information content (AvgIpc) is 3.07. The Bertz CT molecular complexity index is 793. The van der Waals surface area contributed by atoms with Crippen LogP contribution in [0.4, 0.5) is 0 Å². The number of carbonyl (C=O) groups is 3. The lowest BCUT2D eigenvalue weighted by molar-refractivity contribution is -0.150. The molecular formula is C42H77NO5. The van der Waals surface area contributed by atoms with Crippen molar-refractivity contribution in [3.63, 3.8) is 0 Å². The molecule has 0 saturated carbocycles. The highest BCUT2D eigenvalue weighted by Crippen LogP contribution is 2.19. The van der Waals surface area contributed by atoms with Crippen molar-refractivity contribution in [2.24, 2.45) is 0 Å². The molecule has 0 aliphatic rings. The van der Waals surface area contributed by atoms with Gasteiger partial charge in [0, 0.05) is 12.8 Å². The second-order valence-electron chi connectivity index (χ2n) is 13.9. The molecular weight excluding hydrogens is 598 g/mol. The first-order valence-electron chi connectivity index (χ1n) is 20.5. The molecule has 1 unspecified atom stereocenters. The van der Waals surface area contributed by atoms with E-state index in [9.17, 15) is 14.4 Å². The zero-order valence-electron chi connectivity index (χ0n) is 31.6. The molecule has 0 saturated heterocycles. The van der Waals surface area contributed by atoms with Crippen LogP contribution in [0.2, 0.25) is 0 Å². The van der Waals surface area contributed by atoms with E-state index in [1.165, 1.54) is 116 Å². The van der Waals surface area contributed by atoms with Gasteiger partial charge in [-0.15, -0.1) is 0 Å². The van der Waals surface area contributed by atoms with Gasteiger partial charge in [-0.25, -0.2) is 0 Å². The number of unbranched alkanes of at least 4 members (excludes halogenated alkanes) is 22. The van der Waals surface area contributed by atoms with E-state index >= 15 is 0 Å². The molecule has 2 N–H and O–H groups in total. The van der Waals surface area contributed by atoms with Crippen molar-refractivity contribution in [1.29, 1.82) is 0 Å². The minimum absolute atomic E-state index is 0.0231. The third-order valence-corrected chi connectivity index (χ3v) is 9.13. The Hall–Kier alpha value is -2.11. The highest BCUT2D eigenvalue weighted by atomic mass is 16.5. The van der Waals surface area contributed by atoms with Gasteiger partial charge in [-0.05, 0) is 70.6 Å². The van der Waals surface area contributed by atoms with Gasteiger partial charge in [-0.1, -0.05) is 154 Å². The van der Waals surface area contributed by atoms with Crippen molar-refractivity contribution in [2.45, 2.75) is 219 Å². The Labute approximate surface area is 296 Å². The van der Waals surface area contributed by atoms with E-state index in [2.05, 4.69) is 43.5 Å². The summed E-state index contributed by atoms with van der Waals surface area (Å²) in [6, 6.07) is 0. The summed E-state index contributed by atoms with van der Waals surface area (Å²) in [5.74, 6) is -1.23. The molecule has 0 aliphatic carbocycles. The zero-order chi connectivity index (χ0) is 35.2. The molecule has 0 spiro atoms. The number of hydrogen-bond donors (Lipinski definition) is 2. The summed E-state index contributed by atoms with van der Waals surface area (Å²) in [5.41, 5.74) is 0. The number of amides is 1. The quantitative estimate of drug-likeness (QED) is 0.0388. The van der Waals surface area contributed by atoms with Crippen LogP contribution in [0.3, 0.4) is 0 Å². The van der Waals surface area contributed by atoms with Crippen molar-refractivity contribution in [3.05, 3.63) is 24.3 Å². The Morgan fingerprint density at radius 1 is 0.542 bits per heavy atom. The predicted octanol–water partition coefficient (Wildman–Crippen LogP) is 12.3. The molecule has 0 aromatic rings. The highest BCUT2D eigenvalue weighted by molar-refractivity contribution is 5.80. The number of carboxylic acid groups (broad SMARTS) is 1. The van der Waals surface area contributed by atoms with E-state index in [0.29, 0.717) is 12.8 Å². The van der Waals surface area contributed by atoms with Gasteiger partial charge in [0.2, 0.25) is 5.91 Å². The molecule has 6 nitrogen and oxygen atoms in total. The van der Waals surface area contributed by atoms with E-state index in [1.54, 1.807) is 0 Å². The predicted molar refractivity (Wildman–Crippen MR) is 203 cm³/mol. The topological polar surface area (TPSA) is 92.7 Å². The maximum atomic E-state index is 12.7. The summed E-state index contributed by atoms with van der Waals surface area (Å²) < 4.78 is 6.00. The number of carboxylic acids is 1. The maximum absolute atomic E-state index is 12.7. The average molecular weight is 676 g/mol. The normalized spacial score (nSPS) is 12.2. The van der Waals surface area contributed by atoms with Crippen molar-refractivity contribution in [1.82, 2.24) is 5.32 Å². The molecule has 6 heteroatoms. The number of esters is 1. The molecule has 0 radical (unpaired) electrons. The summed E-state index contributed by atoms with van der Waals surface area (Å²) in [5, 5.41) is 11.1. The zero-order valence-corrected chi connectivity index (χ0v) is 31.6. The maximum Gasteiger partial charge on any atom is 0.322 e. The van der Waals surface area contributed by atoms with Crippen molar-refractivity contribution in [2.75, 3.05) is 6.54 Å². The van der Waals surface area contributed by atoms with Crippen LogP contribution < -0.4 is 5.32 Å². The molecule has 1 atom stereocenters. The Kier molecular flexibility index (Phi) is 36.0. The van der Waals surface area contributed by atoms with E-state index in [4.69, 9.17) is 9.84 Å². The largest absolute Gasteiger partial charge is 0.480 e. The lowest BCUT2D eigenvalue weighted by Gasteiger charge is -2.18. The molecule has 48 heavy (non-hydrogen) atoms. The van der Waals surface area contributed by atoms with Crippen LogP contribution >= 0.6 is 0 Å². The molecule has 0 aromatic carbocycles. The molecule has 0 aromatic heterocycles. The Morgan fingerprint density at radius 3 is 1.46 bits per heavy atom. The van der Waals surface area contributed by atoms with Gasteiger partial charge in [-0.3, -0.25) is 14.4 Å². The first-order chi connectivity index (χ1) is 23.5. The molecule has 0 heterocycles. The summed E-state index contributed by atoms with van der Waals surface area (Å²) in [6.07, 6.45) is 44.4. The molecule has 0 fully saturated rings. The van der Waals surface area contributed by atoms with Crippen molar-refractivity contribution >= 4 is 17.8 Å². The van der Waals surface area contributed by atoms with Crippen LogP contribution in [-0.4, -0.2) is 35.6 Å². The van der Waals surface area contributed by atoms with E-state index in [0.717, 1.165) is 70.6 Å². The second kappa shape index (κ2) is 37.7. The van der Waals surface area contributed by atoms with Gasteiger partial charge >= 0.3 is 11.9 Å². The molecule has 0 bridgehead atoms. The summed E-state index contributed by atoms with van der Waals surface area (Å²) >= 11 is 0. The standard InChI is InChI=1S/C42H77NO5/c1-3-5-7-9-11-13-14-15-16-17-18-19-20-21-22-24-29-33-37-42(47)48-39(34-30-26-23-12-10-8-6-4-2)35-31-27-25-28-32-36-40(44)43-38-41(45)46/h13-14,16-17,39H,3-12,15,18-38H2,1-2H3,(H,43,44)(H,45,46)/b14-13-,17-16-. The Balaban J connectivity index is 4.05. The highest BCUT2D eigenvalue weighted by Gasteiger charge is 2.14.